The lowest BCUT2D eigenvalue weighted by molar-refractivity contribution is -0.133. The number of hydrogen-bond acceptors (Lipinski definition) is 4. The lowest BCUT2D eigenvalue weighted by atomic mass is 10.0. The summed E-state index contributed by atoms with van der Waals surface area (Å²) in [7, 11) is 1.60. The van der Waals surface area contributed by atoms with Gasteiger partial charge in [-0.25, -0.2) is 4.98 Å². The highest BCUT2D eigenvalue weighted by atomic mass is 35.5. The topological polar surface area (TPSA) is 95.2 Å². The number of likely N-dealkylation sites (N-methyl/N-ethyl adjacent to an activating group) is 1. The molecule has 0 saturated heterocycles. The Morgan fingerprint density at radius 2 is 1.88 bits per heavy atom. The Morgan fingerprint density at radius 3 is 2.56 bits per heavy atom. The van der Waals surface area contributed by atoms with E-state index >= 15 is 0 Å². The highest BCUT2D eigenvalue weighted by molar-refractivity contribution is 6.36. The third-order valence-electron chi connectivity index (χ3n) is 4.91. The first-order valence-corrected chi connectivity index (χ1v) is 10.9. The van der Waals surface area contributed by atoms with Crippen LogP contribution in [-0.4, -0.2) is 39.8 Å². The summed E-state index contributed by atoms with van der Waals surface area (Å²) in [5.41, 5.74) is 0.521. The second kappa shape index (κ2) is 10.1. The molecular formula is C23H24Cl2N4O3. The van der Waals surface area contributed by atoms with Gasteiger partial charge in [0.15, 0.2) is 0 Å². The number of aromatic nitrogens is 2. The summed E-state index contributed by atoms with van der Waals surface area (Å²) in [6.45, 7) is 4.01. The number of aromatic amines is 1. The van der Waals surface area contributed by atoms with Gasteiger partial charge < -0.3 is 15.2 Å². The largest absolute Gasteiger partial charge is 0.340 e. The monoisotopic (exact) mass is 474 g/mol. The van der Waals surface area contributed by atoms with Gasteiger partial charge in [-0.1, -0.05) is 49.2 Å². The number of rotatable bonds is 7. The van der Waals surface area contributed by atoms with Gasteiger partial charge in [-0.05, 0) is 42.7 Å². The van der Waals surface area contributed by atoms with E-state index in [-0.39, 0.29) is 34.5 Å². The quantitative estimate of drug-likeness (QED) is 0.540. The van der Waals surface area contributed by atoms with E-state index in [1.807, 2.05) is 13.8 Å². The number of carbonyl (C=O) groups excluding carboxylic acids is 2. The molecule has 3 aromatic rings. The van der Waals surface area contributed by atoms with E-state index in [1.54, 1.807) is 37.4 Å². The van der Waals surface area contributed by atoms with Crippen molar-refractivity contribution in [2.75, 3.05) is 7.05 Å². The van der Waals surface area contributed by atoms with Crippen molar-refractivity contribution >= 4 is 45.9 Å². The summed E-state index contributed by atoms with van der Waals surface area (Å²) in [5.74, 6) is -0.249. The average molecular weight is 475 g/mol. The number of nitrogens with zero attached hydrogens (tertiary/aromatic N) is 2. The van der Waals surface area contributed by atoms with Crippen molar-refractivity contribution in [1.29, 1.82) is 0 Å². The molecule has 2 aromatic carbocycles. The number of amides is 2. The van der Waals surface area contributed by atoms with Gasteiger partial charge in [-0.3, -0.25) is 14.4 Å². The number of carbonyl (C=O) groups is 2. The summed E-state index contributed by atoms with van der Waals surface area (Å²) in [4.78, 5) is 46.9. The van der Waals surface area contributed by atoms with E-state index in [9.17, 15) is 14.4 Å². The van der Waals surface area contributed by atoms with Crippen LogP contribution < -0.4 is 10.9 Å². The van der Waals surface area contributed by atoms with E-state index in [1.165, 1.54) is 17.0 Å². The molecule has 1 aromatic heterocycles. The van der Waals surface area contributed by atoms with Gasteiger partial charge in [-0.2, -0.15) is 0 Å². The minimum absolute atomic E-state index is 0.0884. The van der Waals surface area contributed by atoms with Crippen LogP contribution in [0.3, 0.4) is 0 Å². The van der Waals surface area contributed by atoms with Gasteiger partial charge in [0.2, 0.25) is 5.91 Å². The van der Waals surface area contributed by atoms with Crippen molar-refractivity contribution in [3.63, 3.8) is 0 Å². The van der Waals surface area contributed by atoms with Crippen LogP contribution in [0.1, 0.15) is 36.5 Å². The molecule has 2 N–H and O–H groups in total. The minimum atomic E-state index is -0.772. The number of nitrogens with one attached hydrogen (secondary N) is 2. The molecule has 0 spiro atoms. The molecule has 0 radical (unpaired) electrons. The maximum absolute atomic E-state index is 13.2. The average Bonchev–Trinajstić information content (AvgIpc) is 2.72. The zero-order chi connectivity index (χ0) is 23.4. The smallest absolute Gasteiger partial charge is 0.258 e. The Kier molecular flexibility index (Phi) is 7.53. The Labute approximate surface area is 195 Å². The number of H-pyrrole nitrogens is 1. The van der Waals surface area contributed by atoms with Crippen LogP contribution in [0, 0.1) is 5.92 Å². The second-order valence-corrected chi connectivity index (χ2v) is 8.85. The Morgan fingerprint density at radius 1 is 1.16 bits per heavy atom. The summed E-state index contributed by atoms with van der Waals surface area (Å²) in [6, 6.07) is 10.8. The minimum Gasteiger partial charge on any atom is -0.340 e. The molecule has 0 aliphatic rings. The van der Waals surface area contributed by atoms with Gasteiger partial charge in [0.1, 0.15) is 11.9 Å². The first-order chi connectivity index (χ1) is 15.2. The molecule has 1 heterocycles. The van der Waals surface area contributed by atoms with Crippen molar-refractivity contribution in [1.82, 2.24) is 20.2 Å². The molecule has 3 rings (SSSR count). The molecule has 1 atom stereocenters. The second-order valence-electron chi connectivity index (χ2n) is 8.00. The molecule has 32 heavy (non-hydrogen) atoms. The normalized spacial score (nSPS) is 12.1. The molecule has 0 fully saturated rings. The van der Waals surface area contributed by atoms with Gasteiger partial charge in [0, 0.05) is 12.1 Å². The van der Waals surface area contributed by atoms with E-state index in [4.69, 9.17) is 23.2 Å². The molecule has 168 valence electrons. The van der Waals surface area contributed by atoms with Gasteiger partial charge in [0.25, 0.3) is 11.5 Å². The Hall–Kier alpha value is -2.90. The van der Waals surface area contributed by atoms with E-state index in [0.29, 0.717) is 28.2 Å². The predicted octanol–water partition coefficient (Wildman–Crippen LogP) is 4.03. The molecule has 0 aliphatic carbocycles. The van der Waals surface area contributed by atoms with Crippen LogP contribution in [0.5, 0.6) is 0 Å². The molecule has 0 unspecified atom stereocenters. The third-order valence-corrected chi connectivity index (χ3v) is 5.46. The van der Waals surface area contributed by atoms with Crippen LogP contribution in [0.15, 0.2) is 47.3 Å². The zero-order valence-corrected chi connectivity index (χ0v) is 19.5. The van der Waals surface area contributed by atoms with E-state index < -0.39 is 11.9 Å². The van der Waals surface area contributed by atoms with Crippen molar-refractivity contribution < 1.29 is 9.59 Å². The zero-order valence-electron chi connectivity index (χ0n) is 18.0. The van der Waals surface area contributed by atoms with Crippen LogP contribution in [-0.2, 0) is 11.3 Å². The number of hydrogen-bond donors (Lipinski definition) is 2. The van der Waals surface area contributed by atoms with Gasteiger partial charge in [0.05, 0.1) is 28.0 Å². The summed E-state index contributed by atoms with van der Waals surface area (Å²) in [6.07, 6.45) is 0.432. The third kappa shape index (κ3) is 5.66. The Bertz CT molecular complexity index is 1210. The van der Waals surface area contributed by atoms with Gasteiger partial charge in [-0.15, -0.1) is 0 Å². The number of halogens is 2. The maximum Gasteiger partial charge on any atom is 0.258 e. The molecule has 0 saturated carbocycles. The number of para-hydroxylation sites is 1. The lowest BCUT2D eigenvalue weighted by Gasteiger charge is -2.25. The van der Waals surface area contributed by atoms with Crippen molar-refractivity contribution in [2.24, 2.45) is 5.92 Å². The van der Waals surface area contributed by atoms with Gasteiger partial charge >= 0.3 is 0 Å². The molecule has 2 amide bonds. The van der Waals surface area contributed by atoms with Crippen molar-refractivity contribution in [3.8, 4) is 0 Å². The molecule has 0 aliphatic heterocycles. The predicted molar refractivity (Wildman–Crippen MR) is 126 cm³/mol. The van der Waals surface area contributed by atoms with Crippen LogP contribution in [0.4, 0.5) is 0 Å². The molecule has 7 nitrogen and oxygen atoms in total. The number of benzene rings is 2. The summed E-state index contributed by atoms with van der Waals surface area (Å²) < 4.78 is 0. The molecule has 9 heteroatoms. The number of fused-ring (bicyclic) bond motifs is 1. The Balaban J connectivity index is 1.79. The van der Waals surface area contributed by atoms with Crippen LogP contribution >= 0.6 is 23.2 Å². The lowest BCUT2D eigenvalue weighted by Crippen LogP contribution is -2.48. The summed E-state index contributed by atoms with van der Waals surface area (Å²) in [5, 5.41) is 3.88. The van der Waals surface area contributed by atoms with Crippen molar-refractivity contribution in [3.05, 3.63) is 74.3 Å². The highest BCUT2D eigenvalue weighted by Crippen LogP contribution is 2.21. The first kappa shape index (κ1) is 23.8. The fourth-order valence-corrected chi connectivity index (χ4v) is 3.88. The highest BCUT2D eigenvalue weighted by Gasteiger charge is 2.26. The van der Waals surface area contributed by atoms with E-state index in [2.05, 4.69) is 15.3 Å². The first-order valence-electron chi connectivity index (χ1n) is 10.1. The molecular weight excluding hydrogens is 451 g/mol. The van der Waals surface area contributed by atoms with E-state index in [0.717, 1.165) is 0 Å². The fourth-order valence-electron chi connectivity index (χ4n) is 3.38. The van der Waals surface area contributed by atoms with Crippen molar-refractivity contribution in [2.45, 2.75) is 32.9 Å². The SMILES string of the molecule is CC(C)C[C@H](NC(=O)c1ccc(Cl)cc1Cl)C(=O)N(C)Cc1nc2ccccc2c(=O)[nH]1. The van der Waals surface area contributed by atoms with Crippen LogP contribution in [0.2, 0.25) is 10.0 Å². The maximum atomic E-state index is 13.2. The molecule has 0 bridgehead atoms. The fraction of sp³-hybridized carbons (Fsp3) is 0.304. The summed E-state index contributed by atoms with van der Waals surface area (Å²) >= 11 is 12.0. The van der Waals surface area contributed by atoms with Crippen LogP contribution in [0.25, 0.3) is 10.9 Å². The standard InChI is InChI=1S/C23H24Cl2N4O3/c1-13(2)10-19(27-21(30)15-9-8-14(24)11-17(15)25)23(32)29(3)12-20-26-18-7-5-4-6-16(18)22(31)28-20/h4-9,11,13,19H,10,12H2,1-3H3,(H,27,30)(H,26,28,31)/t19-/m0/s1.